The summed E-state index contributed by atoms with van der Waals surface area (Å²) in [5, 5.41) is 37.7. The zero-order valence-corrected chi connectivity index (χ0v) is 11.1. The Labute approximate surface area is 116 Å². The first-order valence-electron chi connectivity index (χ1n) is 6.13. The van der Waals surface area contributed by atoms with Crippen LogP contribution >= 0.6 is 0 Å². The molecule has 8 nitrogen and oxygen atoms in total. The molecule has 0 spiro atoms. The van der Waals surface area contributed by atoms with E-state index in [1.54, 1.807) is 0 Å². The molecular weight excluding hydrogens is 272 g/mol. The molecule has 4 N–H and O–H groups in total. The predicted octanol–water partition coefficient (Wildman–Crippen LogP) is -2.08. The van der Waals surface area contributed by atoms with Crippen molar-refractivity contribution in [2.45, 2.75) is 37.6 Å². The van der Waals surface area contributed by atoms with Gasteiger partial charge in [-0.05, 0) is 6.92 Å². The predicted molar refractivity (Wildman–Crippen MR) is 65.5 cm³/mol. The molecular formula is C12H20O8. The number of carbonyl (C=O) groups is 1. The molecule has 0 aliphatic carbocycles. The van der Waals surface area contributed by atoms with Gasteiger partial charge in [-0.3, -0.25) is 0 Å². The number of carbonyl (C=O) groups excluding carboxylic acids is 1. The Morgan fingerprint density at radius 1 is 1.20 bits per heavy atom. The number of hydrogen-bond donors (Lipinski definition) is 4. The molecule has 0 aromatic carbocycles. The van der Waals surface area contributed by atoms with Crippen molar-refractivity contribution in [2.75, 3.05) is 19.8 Å². The summed E-state index contributed by atoms with van der Waals surface area (Å²) in [5.74, 6) is -0.567. The Balaban J connectivity index is 2.39. The fourth-order valence-electron chi connectivity index (χ4n) is 1.63. The topological polar surface area (TPSA) is 126 Å². The lowest BCUT2D eigenvalue weighted by Crippen LogP contribution is -2.59. The Morgan fingerprint density at radius 3 is 2.40 bits per heavy atom. The van der Waals surface area contributed by atoms with Crippen LogP contribution in [0.5, 0.6) is 0 Å². The van der Waals surface area contributed by atoms with E-state index in [2.05, 4.69) is 6.58 Å². The third-order valence-corrected chi connectivity index (χ3v) is 2.80. The number of aliphatic hydroxyl groups excluding tert-OH is 4. The Bertz CT molecular complexity index is 342. The Hall–Kier alpha value is -1.03. The number of aliphatic hydroxyl groups is 4. The van der Waals surface area contributed by atoms with E-state index >= 15 is 0 Å². The van der Waals surface area contributed by atoms with E-state index in [-0.39, 0.29) is 18.8 Å². The Morgan fingerprint density at radius 2 is 1.85 bits per heavy atom. The molecule has 1 saturated heterocycles. The van der Waals surface area contributed by atoms with E-state index in [4.69, 9.17) is 19.3 Å². The van der Waals surface area contributed by atoms with Crippen molar-refractivity contribution in [1.29, 1.82) is 0 Å². The summed E-state index contributed by atoms with van der Waals surface area (Å²) >= 11 is 0. The van der Waals surface area contributed by atoms with Gasteiger partial charge in [0.05, 0.1) is 13.2 Å². The first-order valence-corrected chi connectivity index (χ1v) is 6.13. The van der Waals surface area contributed by atoms with Crippen LogP contribution in [-0.4, -0.2) is 76.9 Å². The molecule has 1 aliphatic heterocycles. The summed E-state index contributed by atoms with van der Waals surface area (Å²) in [4.78, 5) is 11.1. The highest BCUT2D eigenvalue weighted by atomic mass is 16.7. The summed E-state index contributed by atoms with van der Waals surface area (Å²) < 4.78 is 15.0. The number of rotatable bonds is 6. The van der Waals surface area contributed by atoms with E-state index in [0.717, 1.165) is 0 Å². The van der Waals surface area contributed by atoms with Crippen molar-refractivity contribution in [3.63, 3.8) is 0 Å². The standard InChI is InChI=1S/C12H20O8/c1-6(2)11(17)18-3-4-19-12-10(16)9(15)8(14)7(5-13)20-12/h7-10,12-16H,1,3-5H2,2H3/t7-,8-,9-,10-,12-/m0/s1. The fourth-order valence-corrected chi connectivity index (χ4v) is 1.63. The maximum atomic E-state index is 11.1. The molecule has 8 heteroatoms. The van der Waals surface area contributed by atoms with E-state index in [1.807, 2.05) is 0 Å². The molecule has 0 aromatic rings. The lowest BCUT2D eigenvalue weighted by Gasteiger charge is -2.39. The van der Waals surface area contributed by atoms with Crippen LogP contribution in [0.4, 0.5) is 0 Å². The van der Waals surface area contributed by atoms with Crippen LogP contribution in [0.25, 0.3) is 0 Å². The fraction of sp³-hybridized carbons (Fsp3) is 0.750. The monoisotopic (exact) mass is 292 g/mol. The highest BCUT2D eigenvalue weighted by Crippen LogP contribution is 2.21. The van der Waals surface area contributed by atoms with Gasteiger partial charge in [-0.25, -0.2) is 4.79 Å². The first kappa shape index (κ1) is 17.0. The average Bonchev–Trinajstić information content (AvgIpc) is 2.42. The second-order valence-electron chi connectivity index (χ2n) is 4.48. The highest BCUT2D eigenvalue weighted by Gasteiger charge is 2.43. The van der Waals surface area contributed by atoms with Gasteiger partial charge in [-0.15, -0.1) is 0 Å². The normalized spacial score (nSPS) is 33.8. The molecule has 0 aromatic heterocycles. The van der Waals surface area contributed by atoms with Gasteiger partial charge in [0.1, 0.15) is 31.0 Å². The van der Waals surface area contributed by atoms with Gasteiger partial charge in [-0.1, -0.05) is 6.58 Å². The lowest BCUT2D eigenvalue weighted by molar-refractivity contribution is -0.302. The smallest absolute Gasteiger partial charge is 0.333 e. The van der Waals surface area contributed by atoms with Gasteiger partial charge in [0.25, 0.3) is 0 Å². The Kier molecular flexibility index (Phi) is 6.53. The summed E-state index contributed by atoms with van der Waals surface area (Å²) in [6, 6.07) is 0. The summed E-state index contributed by atoms with van der Waals surface area (Å²) in [6.07, 6.45) is -6.66. The van der Waals surface area contributed by atoms with E-state index < -0.39 is 43.3 Å². The van der Waals surface area contributed by atoms with Crippen LogP contribution in [0.2, 0.25) is 0 Å². The van der Waals surface area contributed by atoms with Crippen molar-refractivity contribution < 1.29 is 39.4 Å². The van der Waals surface area contributed by atoms with Crippen LogP contribution in [0.15, 0.2) is 12.2 Å². The van der Waals surface area contributed by atoms with Gasteiger partial charge in [0, 0.05) is 5.57 Å². The molecule has 0 unspecified atom stereocenters. The first-order chi connectivity index (χ1) is 9.38. The van der Waals surface area contributed by atoms with Gasteiger partial charge in [-0.2, -0.15) is 0 Å². The van der Waals surface area contributed by atoms with Crippen molar-refractivity contribution in [1.82, 2.24) is 0 Å². The maximum absolute atomic E-state index is 11.1. The van der Waals surface area contributed by atoms with Gasteiger partial charge < -0.3 is 34.6 Å². The van der Waals surface area contributed by atoms with Crippen LogP contribution in [0.1, 0.15) is 6.92 Å². The molecule has 0 amide bonds. The minimum absolute atomic E-state index is 0.0816. The second-order valence-corrected chi connectivity index (χ2v) is 4.48. The van der Waals surface area contributed by atoms with Crippen LogP contribution in [0.3, 0.4) is 0 Å². The van der Waals surface area contributed by atoms with Gasteiger partial charge >= 0.3 is 5.97 Å². The zero-order chi connectivity index (χ0) is 15.3. The molecule has 116 valence electrons. The third-order valence-electron chi connectivity index (χ3n) is 2.80. The van der Waals surface area contributed by atoms with Crippen LogP contribution in [0, 0.1) is 0 Å². The minimum Gasteiger partial charge on any atom is -0.460 e. The van der Waals surface area contributed by atoms with Crippen LogP contribution < -0.4 is 0 Å². The molecule has 0 radical (unpaired) electrons. The zero-order valence-electron chi connectivity index (χ0n) is 11.1. The average molecular weight is 292 g/mol. The summed E-state index contributed by atoms with van der Waals surface area (Å²) in [6.45, 7) is 4.21. The van der Waals surface area contributed by atoms with Crippen molar-refractivity contribution >= 4 is 5.97 Å². The molecule has 5 atom stereocenters. The maximum Gasteiger partial charge on any atom is 0.333 e. The van der Waals surface area contributed by atoms with Crippen molar-refractivity contribution in [2.24, 2.45) is 0 Å². The molecule has 1 aliphatic rings. The molecule has 1 rings (SSSR count). The van der Waals surface area contributed by atoms with E-state index in [0.29, 0.717) is 0 Å². The van der Waals surface area contributed by atoms with Gasteiger partial charge in [0.15, 0.2) is 6.29 Å². The number of hydrogen-bond acceptors (Lipinski definition) is 8. The van der Waals surface area contributed by atoms with Gasteiger partial charge in [0.2, 0.25) is 0 Å². The summed E-state index contributed by atoms with van der Waals surface area (Å²) in [7, 11) is 0. The molecule has 20 heavy (non-hydrogen) atoms. The van der Waals surface area contributed by atoms with Crippen molar-refractivity contribution in [3.05, 3.63) is 12.2 Å². The quantitative estimate of drug-likeness (QED) is 0.250. The third kappa shape index (κ3) is 4.23. The van der Waals surface area contributed by atoms with E-state index in [9.17, 15) is 20.1 Å². The second kappa shape index (κ2) is 7.67. The molecule has 0 saturated carbocycles. The molecule has 0 bridgehead atoms. The lowest BCUT2D eigenvalue weighted by atomic mass is 9.99. The molecule has 1 fully saturated rings. The largest absolute Gasteiger partial charge is 0.460 e. The SMILES string of the molecule is C=C(C)C(=O)OCCO[C@H]1O[C@@H](CO)[C@H](O)[C@H](O)[C@@H]1O. The molecule has 1 heterocycles. The highest BCUT2D eigenvalue weighted by molar-refractivity contribution is 5.86. The number of esters is 1. The van der Waals surface area contributed by atoms with E-state index in [1.165, 1.54) is 6.92 Å². The summed E-state index contributed by atoms with van der Waals surface area (Å²) in [5.41, 5.74) is 0.248. The number of ether oxygens (including phenoxy) is 3. The minimum atomic E-state index is -1.50. The van der Waals surface area contributed by atoms with Crippen molar-refractivity contribution in [3.8, 4) is 0 Å². The van der Waals surface area contributed by atoms with Crippen LogP contribution in [-0.2, 0) is 19.0 Å².